The molecule has 2 heterocycles. The van der Waals surface area contributed by atoms with E-state index >= 15 is 0 Å². The lowest BCUT2D eigenvalue weighted by Gasteiger charge is -2.34. The fourth-order valence-corrected chi connectivity index (χ4v) is 5.59. The fraction of sp³-hybridized carbons (Fsp3) is 0.652. The lowest BCUT2D eigenvalue weighted by Crippen LogP contribution is -2.53. The number of urea groups is 1. The molecule has 0 aromatic heterocycles. The highest BCUT2D eigenvalue weighted by Crippen LogP contribution is 2.21. The number of hydrogen-bond donors (Lipinski definition) is 1. The third-order valence-corrected chi connectivity index (χ3v) is 8.20. The third-order valence-electron chi connectivity index (χ3n) is 6.28. The van der Waals surface area contributed by atoms with Gasteiger partial charge >= 0.3 is 6.03 Å². The molecule has 0 aliphatic carbocycles. The van der Waals surface area contributed by atoms with Gasteiger partial charge in [-0.1, -0.05) is 38.8 Å². The monoisotopic (exact) mass is 464 g/mol. The van der Waals surface area contributed by atoms with Gasteiger partial charge in [-0.25, -0.2) is 13.2 Å². The molecule has 2 saturated heterocycles. The van der Waals surface area contributed by atoms with Gasteiger partial charge in [-0.15, -0.1) is 0 Å². The Hall–Kier alpha value is -2.13. The van der Waals surface area contributed by atoms with Crippen molar-refractivity contribution in [2.45, 2.75) is 56.8 Å². The van der Waals surface area contributed by atoms with E-state index in [9.17, 15) is 18.0 Å². The highest BCUT2D eigenvalue weighted by atomic mass is 32.2. The maximum atomic E-state index is 12.9. The molecule has 178 valence electrons. The summed E-state index contributed by atoms with van der Waals surface area (Å²) in [5.74, 6) is 0.431. The number of hydrogen-bond acceptors (Lipinski definition) is 4. The van der Waals surface area contributed by atoms with Crippen molar-refractivity contribution in [3.05, 3.63) is 29.8 Å². The van der Waals surface area contributed by atoms with Gasteiger partial charge in [0.25, 0.3) is 0 Å². The Morgan fingerprint density at radius 2 is 1.47 bits per heavy atom. The second kappa shape index (κ2) is 11.1. The summed E-state index contributed by atoms with van der Waals surface area (Å²) < 4.78 is 27.3. The summed E-state index contributed by atoms with van der Waals surface area (Å²) in [6.07, 6.45) is 4.74. The highest BCUT2D eigenvalue weighted by Gasteiger charge is 2.30. The first kappa shape index (κ1) is 24.5. The lowest BCUT2D eigenvalue weighted by molar-refractivity contribution is -0.131. The summed E-state index contributed by atoms with van der Waals surface area (Å²) >= 11 is 0. The van der Waals surface area contributed by atoms with Crippen LogP contribution >= 0.6 is 0 Å². The second-order valence-corrected chi connectivity index (χ2v) is 10.8. The summed E-state index contributed by atoms with van der Waals surface area (Å²) in [7, 11) is -3.57. The van der Waals surface area contributed by atoms with Crippen molar-refractivity contribution in [2.75, 3.05) is 45.8 Å². The number of nitrogens with zero attached hydrogens (tertiary/aromatic N) is 3. The van der Waals surface area contributed by atoms with Crippen molar-refractivity contribution in [1.82, 2.24) is 19.4 Å². The molecule has 0 saturated carbocycles. The normalized spacial score (nSPS) is 18.5. The lowest BCUT2D eigenvalue weighted by atomic mass is 10.0. The first-order valence-electron chi connectivity index (χ1n) is 11.7. The van der Waals surface area contributed by atoms with Gasteiger partial charge in [0.15, 0.2) is 0 Å². The molecule has 0 atom stereocenters. The summed E-state index contributed by atoms with van der Waals surface area (Å²) in [6.45, 7) is 7.23. The van der Waals surface area contributed by atoms with E-state index in [0.717, 1.165) is 31.5 Å². The average molecular weight is 465 g/mol. The van der Waals surface area contributed by atoms with Gasteiger partial charge in [-0.05, 0) is 36.5 Å². The average Bonchev–Trinajstić information content (AvgIpc) is 3.09. The number of sulfonamides is 1. The van der Waals surface area contributed by atoms with Gasteiger partial charge in [0, 0.05) is 52.2 Å². The largest absolute Gasteiger partial charge is 0.343 e. The molecule has 0 unspecified atom stereocenters. The molecule has 32 heavy (non-hydrogen) atoms. The van der Waals surface area contributed by atoms with Crippen LogP contribution in [0.3, 0.4) is 0 Å². The van der Waals surface area contributed by atoms with Crippen LogP contribution in [0, 0.1) is 0 Å². The zero-order chi connectivity index (χ0) is 23.1. The predicted molar refractivity (Wildman–Crippen MR) is 124 cm³/mol. The summed E-state index contributed by atoms with van der Waals surface area (Å²) in [4.78, 5) is 28.6. The molecule has 8 nitrogen and oxygen atoms in total. The molecule has 3 rings (SSSR count). The van der Waals surface area contributed by atoms with Crippen molar-refractivity contribution < 1.29 is 18.0 Å². The zero-order valence-corrected chi connectivity index (χ0v) is 20.1. The molecule has 0 spiro atoms. The van der Waals surface area contributed by atoms with E-state index < -0.39 is 10.0 Å². The van der Waals surface area contributed by atoms with Crippen LogP contribution in [0.25, 0.3) is 0 Å². The molecule has 2 aliphatic heterocycles. The number of likely N-dealkylation sites (tertiary alicyclic amines) is 1. The second-order valence-electron chi connectivity index (χ2n) is 8.89. The minimum atomic E-state index is -3.57. The standard InChI is InChI=1S/C23H36N4O4S/c1-19(2)20-7-9-21(10-8-20)32(30,31)27-17-15-26(16-18-27)23(29)24-12-11-22(28)25-13-5-3-4-6-14-25/h7-10,19H,3-6,11-18H2,1-2H3,(H,24,29). The minimum absolute atomic E-state index is 0.0894. The first-order valence-corrected chi connectivity index (χ1v) is 13.1. The maximum absolute atomic E-state index is 12.9. The number of benzene rings is 1. The smallest absolute Gasteiger partial charge is 0.317 e. The van der Waals surface area contributed by atoms with Crippen LogP contribution < -0.4 is 5.32 Å². The Labute approximate surface area is 192 Å². The van der Waals surface area contributed by atoms with Crippen molar-refractivity contribution >= 4 is 22.0 Å². The van der Waals surface area contributed by atoms with Crippen LogP contribution in [-0.2, 0) is 14.8 Å². The molecular formula is C23H36N4O4S. The molecule has 1 aromatic rings. The van der Waals surface area contributed by atoms with Gasteiger partial charge < -0.3 is 15.1 Å². The first-order chi connectivity index (χ1) is 15.3. The zero-order valence-electron chi connectivity index (χ0n) is 19.3. The topological polar surface area (TPSA) is 90.0 Å². The third kappa shape index (κ3) is 6.22. The van der Waals surface area contributed by atoms with Crippen molar-refractivity contribution in [1.29, 1.82) is 0 Å². The number of piperazine rings is 1. The van der Waals surface area contributed by atoms with E-state index in [1.165, 1.54) is 17.1 Å². The minimum Gasteiger partial charge on any atom is -0.343 e. The molecule has 3 amide bonds. The van der Waals surface area contributed by atoms with Gasteiger partial charge in [0.2, 0.25) is 15.9 Å². The SMILES string of the molecule is CC(C)c1ccc(S(=O)(=O)N2CCN(C(=O)NCCC(=O)N3CCCCCC3)CC2)cc1. The molecular weight excluding hydrogens is 428 g/mol. The molecule has 2 aliphatic rings. The van der Waals surface area contributed by atoms with Gasteiger partial charge in [-0.2, -0.15) is 4.31 Å². The van der Waals surface area contributed by atoms with E-state index in [1.807, 2.05) is 17.0 Å². The van der Waals surface area contributed by atoms with Crippen molar-refractivity contribution in [3.8, 4) is 0 Å². The van der Waals surface area contributed by atoms with Gasteiger partial charge in [0.1, 0.15) is 0 Å². The summed E-state index contributed by atoms with van der Waals surface area (Å²) in [5.41, 5.74) is 1.10. The van der Waals surface area contributed by atoms with Crippen LogP contribution in [0.1, 0.15) is 57.4 Å². The summed E-state index contributed by atoms with van der Waals surface area (Å²) in [6, 6.07) is 6.78. The quantitative estimate of drug-likeness (QED) is 0.701. The van der Waals surface area contributed by atoms with E-state index in [2.05, 4.69) is 19.2 Å². The molecule has 1 aromatic carbocycles. The van der Waals surface area contributed by atoms with E-state index in [4.69, 9.17) is 0 Å². The Balaban J connectivity index is 1.44. The molecule has 9 heteroatoms. The number of nitrogens with one attached hydrogen (secondary N) is 1. The molecule has 2 fully saturated rings. The van der Waals surface area contributed by atoms with E-state index in [1.54, 1.807) is 17.0 Å². The van der Waals surface area contributed by atoms with Crippen LogP contribution in [-0.4, -0.2) is 80.3 Å². The fourth-order valence-electron chi connectivity index (χ4n) is 4.17. The van der Waals surface area contributed by atoms with E-state index in [0.29, 0.717) is 32.0 Å². The van der Waals surface area contributed by atoms with Crippen molar-refractivity contribution in [2.24, 2.45) is 0 Å². The summed E-state index contributed by atoms with van der Waals surface area (Å²) in [5, 5.41) is 2.81. The van der Waals surface area contributed by atoms with E-state index in [-0.39, 0.29) is 29.9 Å². The van der Waals surface area contributed by atoms with Gasteiger partial charge in [0.05, 0.1) is 4.90 Å². The maximum Gasteiger partial charge on any atom is 0.317 e. The van der Waals surface area contributed by atoms with Gasteiger partial charge in [-0.3, -0.25) is 4.79 Å². The highest BCUT2D eigenvalue weighted by molar-refractivity contribution is 7.89. The number of rotatable bonds is 6. The number of carbonyl (C=O) groups is 2. The molecule has 1 N–H and O–H groups in total. The Morgan fingerprint density at radius 3 is 2.03 bits per heavy atom. The van der Waals surface area contributed by atoms with Crippen molar-refractivity contribution in [3.63, 3.8) is 0 Å². The molecule has 0 bridgehead atoms. The number of carbonyl (C=O) groups excluding carboxylic acids is 2. The number of amides is 3. The molecule has 0 radical (unpaired) electrons. The van der Waals surface area contributed by atoms with Crippen LogP contribution in [0.15, 0.2) is 29.2 Å². The Morgan fingerprint density at radius 1 is 0.875 bits per heavy atom. The predicted octanol–water partition coefficient (Wildman–Crippen LogP) is 2.62. The Kier molecular flexibility index (Phi) is 8.53. The van der Waals surface area contributed by atoms with Crippen LogP contribution in [0.2, 0.25) is 0 Å². The van der Waals surface area contributed by atoms with Crippen LogP contribution in [0.4, 0.5) is 4.79 Å². The Bertz CT molecular complexity index is 870. The van der Waals surface area contributed by atoms with Crippen LogP contribution in [0.5, 0.6) is 0 Å².